The fraction of sp³-hybridized carbons (Fsp3) is 0.650. The minimum absolute atomic E-state index is 0.106. The van der Waals surface area contributed by atoms with E-state index in [1.54, 1.807) is 4.90 Å². The molecule has 0 radical (unpaired) electrons. The van der Waals surface area contributed by atoms with Crippen LogP contribution in [0.15, 0.2) is 18.2 Å². The molecule has 1 unspecified atom stereocenters. The van der Waals surface area contributed by atoms with Crippen LogP contribution in [0.2, 0.25) is 5.02 Å². The lowest BCUT2D eigenvalue weighted by Crippen LogP contribution is -2.50. The normalized spacial score (nSPS) is 30.6. The zero-order valence-corrected chi connectivity index (χ0v) is 18.0. The molecule has 1 saturated carbocycles. The number of fused-ring (bicyclic) bond motifs is 5. The van der Waals surface area contributed by atoms with Crippen molar-refractivity contribution in [1.82, 2.24) is 9.62 Å². The van der Waals surface area contributed by atoms with E-state index in [-0.39, 0.29) is 36.6 Å². The standard InChI is InChI=1S/C20H27ClN2O5S/c1-29(25,26)22-16-9-10-23-17(16)11-27-14-7-5-13(6-8-14)20-15(21)3-2-4-18(20)28-12-19(23)24/h2-4,13-14,16-17,22H,5-12H2,1H3/t13-,14+,16?,17-/m0/s1. The van der Waals surface area contributed by atoms with Crippen molar-refractivity contribution in [3.63, 3.8) is 0 Å². The monoisotopic (exact) mass is 442 g/mol. The van der Waals surface area contributed by atoms with Crippen LogP contribution in [-0.4, -0.2) is 63.4 Å². The van der Waals surface area contributed by atoms with E-state index in [2.05, 4.69) is 4.72 Å². The second kappa shape index (κ2) is 8.41. The van der Waals surface area contributed by atoms with Crippen LogP contribution in [0.3, 0.4) is 0 Å². The van der Waals surface area contributed by atoms with Crippen molar-refractivity contribution in [3.8, 4) is 5.75 Å². The third-order valence-electron chi connectivity index (χ3n) is 6.18. The van der Waals surface area contributed by atoms with Crippen LogP contribution >= 0.6 is 11.6 Å². The summed E-state index contributed by atoms with van der Waals surface area (Å²) < 4.78 is 38.3. The van der Waals surface area contributed by atoms with E-state index in [4.69, 9.17) is 21.1 Å². The van der Waals surface area contributed by atoms with Crippen LogP contribution in [0.5, 0.6) is 5.75 Å². The average Bonchev–Trinajstić information content (AvgIpc) is 3.05. The SMILES string of the molecule is CS(=O)(=O)NC1CCN2C(=O)COc3cccc(Cl)c3[C@H]3CC[C@H](CC3)OC[C@@H]12. The number of benzene rings is 1. The fourth-order valence-electron chi connectivity index (χ4n) is 4.80. The van der Waals surface area contributed by atoms with Crippen LogP contribution in [-0.2, 0) is 19.6 Å². The Bertz CT molecular complexity index is 870. The molecule has 1 N–H and O–H groups in total. The number of rotatable bonds is 2. The molecule has 1 saturated heterocycles. The maximum absolute atomic E-state index is 12.9. The number of halogens is 1. The van der Waals surface area contributed by atoms with Gasteiger partial charge in [-0.05, 0) is 50.2 Å². The molecule has 4 aliphatic rings. The minimum atomic E-state index is -3.38. The number of ether oxygens (including phenoxy) is 2. The highest BCUT2D eigenvalue weighted by Crippen LogP contribution is 2.42. The summed E-state index contributed by atoms with van der Waals surface area (Å²) in [4.78, 5) is 14.6. The van der Waals surface area contributed by atoms with Gasteiger partial charge >= 0.3 is 0 Å². The van der Waals surface area contributed by atoms with Gasteiger partial charge in [0.25, 0.3) is 5.91 Å². The molecule has 9 heteroatoms. The second-order valence-corrected chi connectivity index (χ2v) is 10.4. The lowest BCUT2D eigenvalue weighted by molar-refractivity contribution is -0.136. The van der Waals surface area contributed by atoms with E-state index in [0.29, 0.717) is 30.3 Å². The Morgan fingerprint density at radius 3 is 2.66 bits per heavy atom. The molecule has 0 aromatic heterocycles. The van der Waals surface area contributed by atoms with Crippen LogP contribution in [0.25, 0.3) is 0 Å². The predicted molar refractivity (Wildman–Crippen MR) is 110 cm³/mol. The highest BCUT2D eigenvalue weighted by Gasteiger charge is 2.40. The predicted octanol–water partition coefficient (Wildman–Crippen LogP) is 2.29. The van der Waals surface area contributed by atoms with E-state index in [1.807, 2.05) is 18.2 Å². The zero-order valence-electron chi connectivity index (χ0n) is 16.5. The molecule has 0 spiro atoms. The third-order valence-corrected chi connectivity index (χ3v) is 7.24. The van der Waals surface area contributed by atoms with E-state index in [0.717, 1.165) is 37.5 Å². The lowest BCUT2D eigenvalue weighted by atomic mass is 9.82. The van der Waals surface area contributed by atoms with Crippen molar-refractivity contribution in [2.24, 2.45) is 0 Å². The Kier molecular flexibility index (Phi) is 6.06. The molecule has 1 aromatic carbocycles. The molecule has 160 valence electrons. The number of carbonyl (C=O) groups is 1. The molecule has 5 rings (SSSR count). The summed E-state index contributed by atoms with van der Waals surface area (Å²) in [6.45, 7) is 0.687. The summed E-state index contributed by atoms with van der Waals surface area (Å²) in [6.07, 6.45) is 5.50. The zero-order chi connectivity index (χ0) is 20.6. The summed E-state index contributed by atoms with van der Waals surface area (Å²) in [7, 11) is -3.38. The highest BCUT2D eigenvalue weighted by molar-refractivity contribution is 7.88. The van der Waals surface area contributed by atoms with Crippen molar-refractivity contribution >= 4 is 27.5 Å². The molecule has 7 nitrogen and oxygen atoms in total. The number of nitrogens with zero attached hydrogens (tertiary/aromatic N) is 1. The molecule has 2 bridgehead atoms. The van der Waals surface area contributed by atoms with Crippen molar-refractivity contribution < 1.29 is 22.7 Å². The maximum Gasteiger partial charge on any atom is 0.260 e. The van der Waals surface area contributed by atoms with Crippen molar-refractivity contribution in [3.05, 3.63) is 28.8 Å². The molecule has 1 amide bonds. The van der Waals surface area contributed by atoms with Gasteiger partial charge in [0.15, 0.2) is 6.61 Å². The minimum Gasteiger partial charge on any atom is -0.483 e. The molecular weight excluding hydrogens is 416 g/mol. The quantitative estimate of drug-likeness (QED) is 0.759. The van der Waals surface area contributed by atoms with Crippen molar-refractivity contribution in [2.75, 3.05) is 26.0 Å². The van der Waals surface area contributed by atoms with Gasteiger partial charge in [0.05, 0.1) is 25.0 Å². The summed E-state index contributed by atoms with van der Waals surface area (Å²) in [5.74, 6) is 0.777. The number of sulfonamides is 1. The summed E-state index contributed by atoms with van der Waals surface area (Å²) in [6, 6.07) is 4.88. The Hall–Kier alpha value is -1.35. The van der Waals surface area contributed by atoms with Gasteiger partial charge < -0.3 is 14.4 Å². The van der Waals surface area contributed by atoms with Crippen LogP contribution in [0.1, 0.15) is 43.6 Å². The number of hydrogen-bond donors (Lipinski definition) is 1. The van der Waals surface area contributed by atoms with Gasteiger partial charge in [-0.15, -0.1) is 0 Å². The van der Waals surface area contributed by atoms with Gasteiger partial charge in [-0.25, -0.2) is 13.1 Å². The Balaban J connectivity index is 1.61. The Morgan fingerprint density at radius 1 is 1.17 bits per heavy atom. The summed E-state index contributed by atoms with van der Waals surface area (Å²) >= 11 is 6.49. The van der Waals surface area contributed by atoms with Gasteiger partial charge in [0.1, 0.15) is 5.75 Å². The first kappa shape index (κ1) is 20.9. The van der Waals surface area contributed by atoms with Gasteiger partial charge in [0.2, 0.25) is 10.0 Å². The highest BCUT2D eigenvalue weighted by atomic mass is 35.5. The second-order valence-electron chi connectivity index (χ2n) is 8.19. The molecule has 1 aromatic rings. The molecular formula is C20H27ClN2O5S. The third kappa shape index (κ3) is 4.71. The molecule has 3 aliphatic heterocycles. The molecule has 2 fully saturated rings. The van der Waals surface area contributed by atoms with E-state index >= 15 is 0 Å². The van der Waals surface area contributed by atoms with E-state index in [1.165, 1.54) is 0 Å². The Labute approximate surface area is 176 Å². The van der Waals surface area contributed by atoms with Crippen LogP contribution in [0, 0.1) is 0 Å². The number of nitrogens with one attached hydrogen (secondary N) is 1. The number of hydrogen-bond acceptors (Lipinski definition) is 5. The molecule has 2 atom stereocenters. The summed E-state index contributed by atoms with van der Waals surface area (Å²) in [5, 5.41) is 0.672. The largest absolute Gasteiger partial charge is 0.483 e. The lowest BCUT2D eigenvalue weighted by Gasteiger charge is -2.32. The summed E-state index contributed by atoms with van der Waals surface area (Å²) in [5.41, 5.74) is 0.981. The van der Waals surface area contributed by atoms with Crippen molar-refractivity contribution in [1.29, 1.82) is 0 Å². The molecule has 29 heavy (non-hydrogen) atoms. The van der Waals surface area contributed by atoms with E-state index < -0.39 is 10.0 Å². The van der Waals surface area contributed by atoms with Gasteiger partial charge in [-0.1, -0.05) is 17.7 Å². The molecule has 1 aliphatic carbocycles. The van der Waals surface area contributed by atoms with Crippen molar-refractivity contribution in [2.45, 2.75) is 56.2 Å². The van der Waals surface area contributed by atoms with Crippen LogP contribution in [0.4, 0.5) is 0 Å². The van der Waals surface area contributed by atoms with Gasteiger partial charge in [-0.3, -0.25) is 4.79 Å². The van der Waals surface area contributed by atoms with Gasteiger partial charge in [0, 0.05) is 23.2 Å². The first-order valence-corrected chi connectivity index (χ1v) is 12.4. The number of carbonyl (C=O) groups excluding carboxylic acids is 1. The first-order chi connectivity index (χ1) is 13.8. The first-order valence-electron chi connectivity index (χ1n) is 10.1. The smallest absolute Gasteiger partial charge is 0.260 e. The van der Waals surface area contributed by atoms with Gasteiger partial charge in [-0.2, -0.15) is 0 Å². The molecule has 3 heterocycles. The average molecular weight is 443 g/mol. The maximum atomic E-state index is 12.9. The topological polar surface area (TPSA) is 84.9 Å². The Morgan fingerprint density at radius 2 is 1.93 bits per heavy atom. The number of amides is 1. The fourth-order valence-corrected chi connectivity index (χ4v) is 5.94. The van der Waals surface area contributed by atoms with E-state index in [9.17, 15) is 13.2 Å². The van der Waals surface area contributed by atoms with Crippen LogP contribution < -0.4 is 9.46 Å².